The molecule has 29 heavy (non-hydrogen) atoms. The Kier molecular flexibility index (Phi) is 6.97. The van der Waals surface area contributed by atoms with Crippen LogP contribution in [0.3, 0.4) is 0 Å². The second-order valence-electron chi connectivity index (χ2n) is 7.78. The molecule has 0 spiro atoms. The number of halogens is 3. The summed E-state index contributed by atoms with van der Waals surface area (Å²) >= 11 is 0. The van der Waals surface area contributed by atoms with Crippen LogP contribution in [-0.2, 0) is 25.2 Å². The van der Waals surface area contributed by atoms with Crippen LogP contribution in [0.1, 0.15) is 48.8 Å². The van der Waals surface area contributed by atoms with Crippen LogP contribution in [0.4, 0.5) is 13.2 Å². The van der Waals surface area contributed by atoms with Gasteiger partial charge in [0.05, 0.1) is 17.8 Å². The molecule has 0 aliphatic rings. The van der Waals surface area contributed by atoms with Gasteiger partial charge in [-0.15, -0.1) is 0 Å². The van der Waals surface area contributed by atoms with E-state index in [1.165, 1.54) is 12.1 Å². The summed E-state index contributed by atoms with van der Waals surface area (Å²) in [6.45, 7) is 11.3. The van der Waals surface area contributed by atoms with Gasteiger partial charge in [0.25, 0.3) is 0 Å². The van der Waals surface area contributed by atoms with Gasteiger partial charge in [0.1, 0.15) is 0 Å². The van der Waals surface area contributed by atoms with E-state index in [1.807, 2.05) is 46.3 Å². The summed E-state index contributed by atoms with van der Waals surface area (Å²) in [6, 6.07) is 5.49. The third-order valence-corrected chi connectivity index (χ3v) is 5.07. The first kappa shape index (κ1) is 22.8. The molecule has 2 rings (SSSR count). The van der Waals surface area contributed by atoms with Crippen molar-refractivity contribution in [3.8, 4) is 0 Å². The summed E-state index contributed by atoms with van der Waals surface area (Å²) in [5.41, 5.74) is 2.54. The van der Waals surface area contributed by atoms with Gasteiger partial charge in [0.2, 0.25) is 0 Å². The summed E-state index contributed by atoms with van der Waals surface area (Å²) in [6.07, 6.45) is -4.35. The molecule has 0 fully saturated rings. The van der Waals surface area contributed by atoms with Gasteiger partial charge in [-0.25, -0.2) is 4.99 Å². The highest BCUT2D eigenvalue weighted by Crippen LogP contribution is 2.32. The Morgan fingerprint density at radius 2 is 1.79 bits per heavy atom. The Balaban J connectivity index is 2.14. The van der Waals surface area contributed by atoms with Gasteiger partial charge >= 0.3 is 6.18 Å². The van der Waals surface area contributed by atoms with Crippen LogP contribution in [0, 0.1) is 13.8 Å². The minimum atomic E-state index is -4.35. The highest BCUT2D eigenvalue weighted by atomic mass is 19.4. The zero-order valence-electron chi connectivity index (χ0n) is 17.9. The lowest BCUT2D eigenvalue weighted by Gasteiger charge is -2.27. The second-order valence-corrected chi connectivity index (χ2v) is 7.78. The normalized spacial score (nSPS) is 12.9. The van der Waals surface area contributed by atoms with Crippen LogP contribution < -0.4 is 10.6 Å². The third-order valence-electron chi connectivity index (χ3n) is 5.07. The lowest BCUT2D eigenvalue weighted by Crippen LogP contribution is -2.43. The average Bonchev–Trinajstić information content (AvgIpc) is 2.89. The number of aryl methyl sites for hydroxylation is 2. The number of rotatable bonds is 6. The van der Waals surface area contributed by atoms with E-state index < -0.39 is 17.2 Å². The van der Waals surface area contributed by atoms with E-state index >= 15 is 0 Å². The van der Waals surface area contributed by atoms with Crippen LogP contribution >= 0.6 is 0 Å². The molecule has 2 N–H and O–H groups in total. The summed E-state index contributed by atoms with van der Waals surface area (Å²) < 4.78 is 41.0. The van der Waals surface area contributed by atoms with Gasteiger partial charge in [0.15, 0.2) is 5.96 Å². The predicted molar refractivity (Wildman–Crippen MR) is 110 cm³/mol. The Hall–Kier alpha value is -2.51. The Bertz CT molecular complexity index is 866. The van der Waals surface area contributed by atoms with Crippen LogP contribution in [0.25, 0.3) is 0 Å². The Morgan fingerprint density at radius 3 is 2.34 bits per heavy atom. The van der Waals surface area contributed by atoms with Gasteiger partial charge < -0.3 is 10.6 Å². The molecule has 0 atom stereocenters. The SMILES string of the molecule is CCNC(=NCc1c(C)nn(C)c1C)NCC(C)(C)c1cccc(C(F)(F)F)c1. The minimum Gasteiger partial charge on any atom is -0.357 e. The quantitative estimate of drug-likeness (QED) is 0.558. The van der Waals surface area contributed by atoms with E-state index in [9.17, 15) is 13.2 Å². The number of guanidine groups is 1. The molecule has 0 saturated heterocycles. The van der Waals surface area contributed by atoms with Crippen LogP contribution in [0.2, 0.25) is 0 Å². The molecule has 160 valence electrons. The maximum absolute atomic E-state index is 13.0. The fraction of sp³-hybridized carbons (Fsp3) is 0.524. The summed E-state index contributed by atoms with van der Waals surface area (Å²) in [5.74, 6) is 0.621. The predicted octanol–water partition coefficient (Wildman–Crippen LogP) is 4.09. The molecule has 8 heteroatoms. The van der Waals surface area contributed by atoms with Crippen LogP contribution in [0.15, 0.2) is 29.3 Å². The van der Waals surface area contributed by atoms with Gasteiger partial charge in [-0.05, 0) is 32.4 Å². The molecule has 0 bridgehead atoms. The van der Waals surface area contributed by atoms with Crippen molar-refractivity contribution < 1.29 is 13.2 Å². The van der Waals surface area contributed by atoms with E-state index in [2.05, 4.69) is 20.7 Å². The molecule has 0 unspecified atom stereocenters. The molecular formula is C21H30F3N5. The lowest BCUT2D eigenvalue weighted by atomic mass is 9.84. The number of nitrogens with zero attached hydrogens (tertiary/aromatic N) is 3. The summed E-state index contributed by atoms with van der Waals surface area (Å²) in [5, 5.41) is 10.9. The maximum Gasteiger partial charge on any atom is 0.416 e. The number of aromatic nitrogens is 2. The van der Waals surface area contributed by atoms with Crippen molar-refractivity contribution in [3.63, 3.8) is 0 Å². The number of alkyl halides is 3. The first-order valence-electron chi connectivity index (χ1n) is 9.64. The van der Waals surface area contributed by atoms with Crippen molar-refractivity contribution >= 4 is 5.96 Å². The Morgan fingerprint density at radius 1 is 1.14 bits per heavy atom. The molecule has 0 aliphatic carbocycles. The molecule has 1 heterocycles. The zero-order valence-corrected chi connectivity index (χ0v) is 17.9. The van der Waals surface area contributed by atoms with E-state index in [0.717, 1.165) is 23.0 Å². The molecular weight excluding hydrogens is 379 g/mol. The van der Waals surface area contributed by atoms with E-state index in [4.69, 9.17) is 0 Å². The van der Waals surface area contributed by atoms with Crippen molar-refractivity contribution in [2.75, 3.05) is 13.1 Å². The highest BCUT2D eigenvalue weighted by molar-refractivity contribution is 5.79. The minimum absolute atomic E-state index is 0.436. The van der Waals surface area contributed by atoms with Gasteiger partial charge in [0, 0.05) is 36.8 Å². The van der Waals surface area contributed by atoms with Gasteiger partial charge in [-0.2, -0.15) is 18.3 Å². The fourth-order valence-electron chi connectivity index (χ4n) is 3.07. The first-order valence-corrected chi connectivity index (χ1v) is 9.64. The average molecular weight is 410 g/mol. The number of benzene rings is 1. The number of nitrogens with one attached hydrogen (secondary N) is 2. The fourth-order valence-corrected chi connectivity index (χ4v) is 3.07. The molecule has 0 radical (unpaired) electrons. The number of aliphatic imine (C=N–C) groups is 1. The maximum atomic E-state index is 13.0. The highest BCUT2D eigenvalue weighted by Gasteiger charge is 2.32. The van der Waals surface area contributed by atoms with Crippen molar-refractivity contribution in [2.24, 2.45) is 12.0 Å². The van der Waals surface area contributed by atoms with Crippen LogP contribution in [-0.4, -0.2) is 28.8 Å². The standard InChI is InChI=1S/C21H30F3N5/c1-7-25-19(26-12-18-14(2)28-29(6)15(18)3)27-13-20(4,5)16-9-8-10-17(11-16)21(22,23)24/h8-11H,7,12-13H2,1-6H3,(H2,25,26,27). The molecule has 5 nitrogen and oxygen atoms in total. The third kappa shape index (κ3) is 5.74. The van der Waals surface area contributed by atoms with E-state index in [0.29, 0.717) is 31.2 Å². The van der Waals surface area contributed by atoms with Crippen molar-refractivity contribution in [3.05, 3.63) is 52.3 Å². The van der Waals surface area contributed by atoms with Gasteiger partial charge in [-0.3, -0.25) is 4.68 Å². The largest absolute Gasteiger partial charge is 0.416 e. The van der Waals surface area contributed by atoms with Crippen molar-refractivity contribution in [1.29, 1.82) is 0 Å². The van der Waals surface area contributed by atoms with Gasteiger partial charge in [-0.1, -0.05) is 32.0 Å². The van der Waals surface area contributed by atoms with E-state index in [-0.39, 0.29) is 0 Å². The molecule has 0 amide bonds. The summed E-state index contributed by atoms with van der Waals surface area (Å²) in [4.78, 5) is 4.63. The number of hydrogen-bond donors (Lipinski definition) is 2. The Labute approximate surface area is 170 Å². The monoisotopic (exact) mass is 409 g/mol. The molecule has 0 aliphatic heterocycles. The summed E-state index contributed by atoms with van der Waals surface area (Å²) in [7, 11) is 1.90. The smallest absolute Gasteiger partial charge is 0.357 e. The zero-order chi connectivity index (χ0) is 21.8. The first-order chi connectivity index (χ1) is 13.5. The lowest BCUT2D eigenvalue weighted by molar-refractivity contribution is -0.137. The number of hydrogen-bond acceptors (Lipinski definition) is 2. The molecule has 1 aromatic heterocycles. The second kappa shape index (κ2) is 8.88. The molecule has 0 saturated carbocycles. The van der Waals surface area contributed by atoms with Crippen molar-refractivity contribution in [1.82, 2.24) is 20.4 Å². The topological polar surface area (TPSA) is 54.2 Å². The van der Waals surface area contributed by atoms with E-state index in [1.54, 1.807) is 6.07 Å². The molecule has 1 aromatic carbocycles. The van der Waals surface area contributed by atoms with Crippen LogP contribution in [0.5, 0.6) is 0 Å². The molecule has 2 aromatic rings. The van der Waals surface area contributed by atoms with Crippen molar-refractivity contribution in [2.45, 2.75) is 52.8 Å².